The molecule has 2 N–H and O–H groups in total. The van der Waals surface area contributed by atoms with Gasteiger partial charge in [-0.05, 0) is 24.3 Å². The average Bonchev–Trinajstić information content (AvgIpc) is 2.69. The Morgan fingerprint density at radius 3 is 2.59 bits per heavy atom. The Morgan fingerprint density at radius 1 is 1.16 bits per heavy atom. The SMILES string of the molecule is C[Si](C)(C)C#Cc1c[nH]c(=O)c2c1nc(Nc1c(F)cc(F)cc1Cl)c1ccc(Br)cc12. The number of fused-ring (bicyclic) bond motifs is 3. The number of hydrogen-bond donors (Lipinski definition) is 2. The van der Waals surface area contributed by atoms with E-state index in [2.05, 4.69) is 62.3 Å². The number of pyridine rings is 2. The van der Waals surface area contributed by atoms with Crippen LogP contribution in [0.2, 0.25) is 24.7 Å². The average molecular weight is 533 g/mol. The third-order valence-electron chi connectivity index (χ3n) is 4.62. The molecular weight excluding hydrogens is 516 g/mol. The Kier molecular flexibility index (Phi) is 5.84. The molecule has 4 nitrogen and oxygen atoms in total. The van der Waals surface area contributed by atoms with Gasteiger partial charge in [0.05, 0.1) is 27.2 Å². The molecule has 32 heavy (non-hydrogen) atoms. The Balaban J connectivity index is 2.07. The van der Waals surface area contributed by atoms with Gasteiger partial charge in [-0.1, -0.05) is 53.1 Å². The molecule has 0 fully saturated rings. The normalized spacial score (nSPS) is 11.5. The van der Waals surface area contributed by atoms with Crippen molar-refractivity contribution in [3.05, 3.63) is 73.6 Å². The Bertz CT molecular complexity index is 1500. The minimum absolute atomic E-state index is 0.108. The topological polar surface area (TPSA) is 57.8 Å². The lowest BCUT2D eigenvalue weighted by Crippen LogP contribution is -2.16. The van der Waals surface area contributed by atoms with Gasteiger partial charge >= 0.3 is 0 Å². The van der Waals surface area contributed by atoms with Crippen LogP contribution in [-0.4, -0.2) is 18.0 Å². The van der Waals surface area contributed by atoms with Crippen molar-refractivity contribution in [2.24, 2.45) is 0 Å². The van der Waals surface area contributed by atoms with Crippen LogP contribution in [0.25, 0.3) is 21.7 Å². The molecule has 2 aromatic heterocycles. The van der Waals surface area contributed by atoms with E-state index in [4.69, 9.17) is 11.6 Å². The van der Waals surface area contributed by atoms with E-state index in [9.17, 15) is 13.6 Å². The summed E-state index contributed by atoms with van der Waals surface area (Å²) in [7, 11) is -1.71. The van der Waals surface area contributed by atoms with Crippen molar-refractivity contribution in [2.45, 2.75) is 19.6 Å². The van der Waals surface area contributed by atoms with Crippen LogP contribution in [0.3, 0.4) is 0 Å². The molecule has 162 valence electrons. The molecule has 0 aliphatic rings. The van der Waals surface area contributed by atoms with Crippen molar-refractivity contribution in [1.29, 1.82) is 0 Å². The number of H-pyrrole nitrogens is 1. The number of anilines is 2. The molecule has 0 radical (unpaired) electrons. The standard InChI is InChI=1S/C23H17BrClF2N3OSi/c1-32(2,3)7-6-12-11-28-23(31)19-16-8-13(24)4-5-15(16)22(29-20(12)19)30-21-17(25)9-14(26)10-18(21)27/h4-5,8-11H,1-3H3,(H,28,31)(H,29,30). The van der Waals surface area contributed by atoms with E-state index in [1.165, 1.54) is 6.20 Å². The Labute approximate surface area is 197 Å². The van der Waals surface area contributed by atoms with E-state index in [1.54, 1.807) is 18.2 Å². The Hall–Kier alpha value is -2.73. The van der Waals surface area contributed by atoms with Crippen molar-refractivity contribution < 1.29 is 8.78 Å². The molecule has 4 aromatic rings. The first kappa shape index (κ1) is 22.5. The third kappa shape index (κ3) is 4.42. The van der Waals surface area contributed by atoms with Crippen LogP contribution in [0, 0.1) is 23.1 Å². The quantitative estimate of drug-likeness (QED) is 0.171. The summed E-state index contributed by atoms with van der Waals surface area (Å²) in [5.74, 6) is 1.78. The molecule has 0 atom stereocenters. The molecule has 0 amide bonds. The fourth-order valence-electron chi connectivity index (χ4n) is 3.21. The largest absolute Gasteiger partial charge is 0.336 e. The second kappa shape index (κ2) is 8.32. The van der Waals surface area contributed by atoms with Crippen molar-refractivity contribution >= 4 is 68.8 Å². The Morgan fingerprint density at radius 2 is 1.91 bits per heavy atom. The molecule has 9 heteroatoms. The molecule has 0 aliphatic heterocycles. The first-order valence-electron chi connectivity index (χ1n) is 9.63. The monoisotopic (exact) mass is 531 g/mol. The first-order chi connectivity index (χ1) is 15.0. The van der Waals surface area contributed by atoms with Crippen molar-refractivity contribution in [3.63, 3.8) is 0 Å². The third-order valence-corrected chi connectivity index (χ3v) is 6.29. The van der Waals surface area contributed by atoms with Crippen LogP contribution in [0.1, 0.15) is 5.56 Å². The number of aromatic nitrogens is 2. The summed E-state index contributed by atoms with van der Waals surface area (Å²) in [5, 5.41) is 4.31. The summed E-state index contributed by atoms with van der Waals surface area (Å²) in [6.45, 7) is 6.33. The van der Waals surface area contributed by atoms with Crippen LogP contribution in [0.15, 0.2) is 45.8 Å². The molecule has 0 aliphatic carbocycles. The smallest absolute Gasteiger partial charge is 0.258 e. The second-order valence-corrected chi connectivity index (χ2v) is 14.3. The molecule has 4 rings (SSSR count). The fraction of sp³-hybridized carbons (Fsp3) is 0.130. The lowest BCUT2D eigenvalue weighted by atomic mass is 10.0. The predicted molar refractivity (Wildman–Crippen MR) is 132 cm³/mol. The van der Waals surface area contributed by atoms with E-state index < -0.39 is 19.7 Å². The fourth-order valence-corrected chi connectivity index (χ4v) is 4.33. The van der Waals surface area contributed by atoms with E-state index >= 15 is 0 Å². The van der Waals surface area contributed by atoms with Gasteiger partial charge in [-0.25, -0.2) is 13.8 Å². The van der Waals surface area contributed by atoms with Gasteiger partial charge in [-0.2, -0.15) is 0 Å². The minimum atomic E-state index is -1.71. The second-order valence-electron chi connectivity index (χ2n) is 8.27. The summed E-state index contributed by atoms with van der Waals surface area (Å²) in [6, 6.07) is 7.08. The number of rotatable bonds is 2. The van der Waals surface area contributed by atoms with Crippen molar-refractivity contribution in [2.75, 3.05) is 5.32 Å². The van der Waals surface area contributed by atoms with Crippen LogP contribution >= 0.6 is 27.5 Å². The number of benzene rings is 2. The van der Waals surface area contributed by atoms with E-state index in [0.717, 1.165) is 16.6 Å². The maximum atomic E-state index is 14.5. The molecule has 0 bridgehead atoms. The molecule has 0 spiro atoms. The zero-order valence-electron chi connectivity index (χ0n) is 17.3. The first-order valence-corrected chi connectivity index (χ1v) is 14.3. The maximum absolute atomic E-state index is 14.5. The van der Waals surface area contributed by atoms with Gasteiger partial charge in [0.25, 0.3) is 5.56 Å². The van der Waals surface area contributed by atoms with Gasteiger partial charge in [0, 0.05) is 27.5 Å². The van der Waals surface area contributed by atoms with Crippen LogP contribution < -0.4 is 10.9 Å². The van der Waals surface area contributed by atoms with Gasteiger partial charge < -0.3 is 10.3 Å². The van der Waals surface area contributed by atoms with Gasteiger partial charge in [-0.15, -0.1) is 5.54 Å². The van der Waals surface area contributed by atoms with Crippen LogP contribution in [0.5, 0.6) is 0 Å². The highest BCUT2D eigenvalue weighted by molar-refractivity contribution is 9.10. The zero-order chi connectivity index (χ0) is 23.2. The van der Waals surface area contributed by atoms with Crippen molar-refractivity contribution in [3.8, 4) is 11.5 Å². The van der Waals surface area contributed by atoms with E-state index in [0.29, 0.717) is 27.2 Å². The number of nitrogens with zero attached hydrogens (tertiary/aromatic N) is 1. The van der Waals surface area contributed by atoms with E-state index in [1.807, 2.05) is 0 Å². The van der Waals surface area contributed by atoms with Gasteiger partial charge in [0.1, 0.15) is 19.7 Å². The lowest BCUT2D eigenvalue weighted by Gasteiger charge is -2.14. The molecule has 0 saturated carbocycles. The molecular formula is C23H17BrClF2N3OSi. The highest BCUT2D eigenvalue weighted by Gasteiger charge is 2.18. The summed E-state index contributed by atoms with van der Waals surface area (Å²) < 4.78 is 28.7. The van der Waals surface area contributed by atoms with Gasteiger partial charge in [0.15, 0.2) is 5.82 Å². The summed E-state index contributed by atoms with van der Waals surface area (Å²) in [4.78, 5) is 20.2. The minimum Gasteiger partial charge on any atom is -0.336 e. The number of hydrogen-bond acceptors (Lipinski definition) is 3. The van der Waals surface area contributed by atoms with Crippen molar-refractivity contribution in [1.82, 2.24) is 9.97 Å². The van der Waals surface area contributed by atoms with Gasteiger partial charge in [-0.3, -0.25) is 4.79 Å². The molecule has 2 aromatic carbocycles. The summed E-state index contributed by atoms with van der Waals surface area (Å²) in [5.41, 5.74) is 3.79. The van der Waals surface area contributed by atoms with Gasteiger partial charge in [0.2, 0.25) is 0 Å². The number of nitrogens with one attached hydrogen (secondary N) is 2. The predicted octanol–water partition coefficient (Wildman–Crippen LogP) is 6.74. The lowest BCUT2D eigenvalue weighted by molar-refractivity contribution is 0.586. The van der Waals surface area contributed by atoms with E-state index in [-0.39, 0.29) is 22.1 Å². The zero-order valence-corrected chi connectivity index (χ0v) is 20.7. The summed E-state index contributed by atoms with van der Waals surface area (Å²) in [6.07, 6.45) is 1.53. The molecule has 0 saturated heterocycles. The molecule has 2 heterocycles. The van der Waals surface area contributed by atoms with Crippen LogP contribution in [0.4, 0.5) is 20.3 Å². The summed E-state index contributed by atoms with van der Waals surface area (Å²) >= 11 is 9.53. The highest BCUT2D eigenvalue weighted by Crippen LogP contribution is 2.35. The van der Waals surface area contributed by atoms with Crippen LogP contribution in [-0.2, 0) is 0 Å². The number of aromatic amines is 1. The molecule has 0 unspecified atom stereocenters. The number of halogens is 4. The highest BCUT2D eigenvalue weighted by atomic mass is 79.9. The maximum Gasteiger partial charge on any atom is 0.258 e.